The molecule has 0 N–H and O–H groups in total. The first kappa shape index (κ1) is 21.2. The Bertz CT molecular complexity index is 458. The van der Waals surface area contributed by atoms with Gasteiger partial charge >= 0.3 is 7.12 Å². The average Bonchev–Trinajstić information content (AvgIpc) is 3.07. The lowest BCUT2D eigenvalue weighted by Crippen LogP contribution is -2.41. The topological polar surface area (TPSA) is 21.7 Å². The van der Waals surface area contributed by atoms with Crippen molar-refractivity contribution in [1.29, 1.82) is 0 Å². The van der Waals surface area contributed by atoms with Gasteiger partial charge in [-0.15, -0.1) is 0 Å². The molecule has 2 heterocycles. The second-order valence-corrected chi connectivity index (χ2v) is 7.50. The van der Waals surface area contributed by atoms with Gasteiger partial charge in [0.1, 0.15) is 0 Å². The molecule has 2 fully saturated rings. The van der Waals surface area contributed by atoms with Crippen LogP contribution in [0.15, 0.2) is 35.9 Å². The van der Waals surface area contributed by atoms with E-state index in [9.17, 15) is 0 Å². The highest BCUT2D eigenvalue weighted by molar-refractivity contribution is 6.54. The number of hydrogen-bond donors (Lipinski definition) is 0. The normalized spacial score (nSPS) is 23.5. The molecule has 0 aromatic carbocycles. The minimum absolute atomic E-state index is 0.263. The molecule has 0 spiro atoms. The Morgan fingerprint density at radius 3 is 2.08 bits per heavy atom. The molecule has 2 aliphatic rings. The van der Waals surface area contributed by atoms with E-state index in [-0.39, 0.29) is 18.3 Å². The second-order valence-electron chi connectivity index (χ2n) is 7.50. The summed E-state index contributed by atoms with van der Waals surface area (Å²) in [6.45, 7) is 21.9. The molecule has 2 saturated heterocycles. The molecule has 0 amide bonds. The summed E-state index contributed by atoms with van der Waals surface area (Å²) in [6.07, 6.45) is 8.85. The number of nitrogens with zero attached hydrogens (tertiary/aromatic N) is 1. The molecule has 4 heteroatoms. The molecule has 3 nitrogen and oxygen atoms in total. The third kappa shape index (κ3) is 5.61. The van der Waals surface area contributed by atoms with Crippen molar-refractivity contribution in [3.8, 4) is 0 Å². The predicted molar refractivity (Wildman–Crippen MR) is 105 cm³/mol. The lowest BCUT2D eigenvalue weighted by atomic mass is 9.79. The maximum absolute atomic E-state index is 6.04. The van der Waals surface area contributed by atoms with Crippen molar-refractivity contribution < 1.29 is 9.31 Å². The Morgan fingerprint density at radius 2 is 1.58 bits per heavy atom. The molecule has 2 aliphatic heterocycles. The average molecular weight is 333 g/mol. The van der Waals surface area contributed by atoms with Gasteiger partial charge in [0.05, 0.1) is 11.2 Å². The Kier molecular flexibility index (Phi) is 7.98. The van der Waals surface area contributed by atoms with Crippen LogP contribution in [0.3, 0.4) is 0 Å². The number of hydrogen-bond acceptors (Lipinski definition) is 3. The third-order valence-corrected chi connectivity index (χ3v) is 4.94. The molecule has 0 aromatic heterocycles. The van der Waals surface area contributed by atoms with Gasteiger partial charge in [0.25, 0.3) is 0 Å². The van der Waals surface area contributed by atoms with Crippen molar-refractivity contribution in [2.75, 3.05) is 19.6 Å². The van der Waals surface area contributed by atoms with Crippen molar-refractivity contribution >= 4 is 7.12 Å². The van der Waals surface area contributed by atoms with Crippen molar-refractivity contribution in [1.82, 2.24) is 4.90 Å². The highest BCUT2D eigenvalue weighted by Gasteiger charge is 2.51. The van der Waals surface area contributed by atoms with Crippen LogP contribution in [0, 0.1) is 0 Å². The molecular formula is C20H36BNO2. The van der Waals surface area contributed by atoms with Crippen LogP contribution >= 0.6 is 0 Å². The zero-order valence-corrected chi connectivity index (χ0v) is 16.8. The van der Waals surface area contributed by atoms with Gasteiger partial charge < -0.3 is 9.31 Å². The molecule has 136 valence electrons. The van der Waals surface area contributed by atoms with Gasteiger partial charge in [-0.1, -0.05) is 38.7 Å². The third-order valence-electron chi connectivity index (χ3n) is 4.94. The molecule has 0 saturated carbocycles. The van der Waals surface area contributed by atoms with E-state index in [1.165, 1.54) is 25.9 Å². The van der Waals surface area contributed by atoms with Gasteiger partial charge in [-0.25, -0.2) is 0 Å². The molecule has 0 atom stereocenters. The zero-order valence-electron chi connectivity index (χ0n) is 16.8. The Morgan fingerprint density at radius 1 is 1.08 bits per heavy atom. The van der Waals surface area contributed by atoms with Crippen molar-refractivity contribution in [3.05, 3.63) is 35.9 Å². The first-order chi connectivity index (χ1) is 11.2. The monoisotopic (exact) mass is 333 g/mol. The Balaban J connectivity index is 0.00000139. The lowest BCUT2D eigenvalue weighted by molar-refractivity contribution is 0.00578. The summed E-state index contributed by atoms with van der Waals surface area (Å²) in [5, 5.41) is 0. The Labute approximate surface area is 149 Å². The highest BCUT2D eigenvalue weighted by Crippen LogP contribution is 2.38. The number of likely N-dealkylation sites (tertiary alicyclic amines) is 1. The fourth-order valence-corrected chi connectivity index (χ4v) is 2.72. The van der Waals surface area contributed by atoms with E-state index in [2.05, 4.69) is 64.3 Å². The van der Waals surface area contributed by atoms with Crippen LogP contribution in [0.4, 0.5) is 0 Å². The fourth-order valence-electron chi connectivity index (χ4n) is 2.72. The molecule has 24 heavy (non-hydrogen) atoms. The maximum atomic E-state index is 6.04. The van der Waals surface area contributed by atoms with E-state index in [0.29, 0.717) is 0 Å². The molecule has 0 aromatic rings. The molecule has 2 rings (SSSR count). The van der Waals surface area contributed by atoms with Crippen molar-refractivity contribution in [3.63, 3.8) is 0 Å². The van der Waals surface area contributed by atoms with E-state index < -0.39 is 0 Å². The van der Waals surface area contributed by atoms with Gasteiger partial charge in [-0.2, -0.15) is 0 Å². The largest absolute Gasteiger partial charge is 0.490 e. The minimum Gasteiger partial charge on any atom is -0.400 e. The van der Waals surface area contributed by atoms with Gasteiger partial charge in [0.15, 0.2) is 0 Å². The van der Waals surface area contributed by atoms with Crippen LogP contribution in [0.2, 0.25) is 0 Å². The summed E-state index contributed by atoms with van der Waals surface area (Å²) in [7, 11) is -0.263. The summed E-state index contributed by atoms with van der Waals surface area (Å²) >= 11 is 0. The highest BCUT2D eigenvalue weighted by atomic mass is 16.7. The summed E-state index contributed by atoms with van der Waals surface area (Å²) in [4.78, 5) is 2.46. The second kappa shape index (κ2) is 9.03. The van der Waals surface area contributed by atoms with Crippen LogP contribution in [-0.2, 0) is 9.31 Å². The fraction of sp³-hybridized carbons (Fsp3) is 0.700. The summed E-state index contributed by atoms with van der Waals surface area (Å²) < 4.78 is 12.1. The number of allylic oxidation sites excluding steroid dienone is 3. The van der Waals surface area contributed by atoms with Gasteiger partial charge in [-0.05, 0) is 71.6 Å². The molecule has 0 bridgehead atoms. The summed E-state index contributed by atoms with van der Waals surface area (Å²) in [5.74, 6) is 0. The van der Waals surface area contributed by atoms with Crippen LogP contribution in [0.25, 0.3) is 0 Å². The van der Waals surface area contributed by atoms with Gasteiger partial charge in [0, 0.05) is 6.54 Å². The smallest absolute Gasteiger partial charge is 0.400 e. The zero-order chi connectivity index (χ0) is 18.4. The van der Waals surface area contributed by atoms with Crippen LogP contribution < -0.4 is 0 Å². The Hall–Kier alpha value is -0.835. The van der Waals surface area contributed by atoms with Crippen LogP contribution in [0.1, 0.15) is 61.3 Å². The van der Waals surface area contributed by atoms with Gasteiger partial charge in [-0.3, -0.25) is 4.90 Å². The van der Waals surface area contributed by atoms with Crippen LogP contribution in [0.5, 0.6) is 0 Å². The predicted octanol–water partition coefficient (Wildman–Crippen LogP) is 4.80. The van der Waals surface area contributed by atoms with E-state index in [1.807, 2.05) is 13.8 Å². The van der Waals surface area contributed by atoms with E-state index >= 15 is 0 Å². The maximum Gasteiger partial charge on any atom is 0.490 e. The SMILES string of the molecule is C=C(/C=C\C=C(/C)B1OC(C)(C)C(C)(C)O1)CN1CCCC1.CC. The standard InChI is InChI=1S/C18H30BNO2.C2H6/c1-15(14-20-12-7-8-13-20)10-9-11-16(2)19-21-17(3,4)18(5,6)22-19;1-2/h9-11H,1,7-8,12-14H2,2-6H3;1-2H3/b10-9-,16-11+;. The van der Waals surface area contributed by atoms with E-state index in [0.717, 1.165) is 17.6 Å². The van der Waals surface area contributed by atoms with Crippen LogP contribution in [-0.4, -0.2) is 42.9 Å². The van der Waals surface area contributed by atoms with Crippen molar-refractivity contribution in [2.24, 2.45) is 0 Å². The van der Waals surface area contributed by atoms with Gasteiger partial charge in [0.2, 0.25) is 0 Å². The molecular weight excluding hydrogens is 297 g/mol. The van der Waals surface area contributed by atoms with E-state index in [4.69, 9.17) is 9.31 Å². The molecule has 0 unspecified atom stereocenters. The quantitative estimate of drug-likeness (QED) is 0.533. The summed E-state index contributed by atoms with van der Waals surface area (Å²) in [5.41, 5.74) is 1.68. The molecule has 0 radical (unpaired) electrons. The lowest BCUT2D eigenvalue weighted by Gasteiger charge is -2.32. The van der Waals surface area contributed by atoms with E-state index in [1.54, 1.807) is 0 Å². The van der Waals surface area contributed by atoms with Crippen molar-refractivity contribution in [2.45, 2.75) is 72.5 Å². The molecule has 0 aliphatic carbocycles. The number of rotatable bonds is 5. The first-order valence-corrected chi connectivity index (χ1v) is 9.32. The first-order valence-electron chi connectivity index (χ1n) is 9.32. The summed E-state index contributed by atoms with van der Waals surface area (Å²) in [6, 6.07) is 0. The minimum atomic E-state index is -0.282.